The van der Waals surface area contributed by atoms with Gasteiger partial charge >= 0.3 is 0 Å². The molecule has 1 aromatic carbocycles. The Morgan fingerprint density at radius 2 is 2.04 bits per heavy atom. The van der Waals surface area contributed by atoms with E-state index in [1.165, 1.54) is 12.8 Å². The van der Waals surface area contributed by atoms with Gasteiger partial charge in [0.15, 0.2) is 5.58 Å². The second-order valence-electron chi connectivity index (χ2n) is 7.38. The van der Waals surface area contributed by atoms with Crippen molar-refractivity contribution in [1.29, 1.82) is 0 Å². The van der Waals surface area contributed by atoms with Crippen LogP contribution in [0.4, 0.5) is 6.01 Å². The Labute approximate surface area is 160 Å². The molecule has 0 unspecified atom stereocenters. The minimum Gasteiger partial charge on any atom is -0.493 e. The van der Waals surface area contributed by atoms with Crippen LogP contribution in [0.5, 0.6) is 5.75 Å². The van der Waals surface area contributed by atoms with Crippen LogP contribution in [0.15, 0.2) is 22.6 Å². The van der Waals surface area contributed by atoms with Gasteiger partial charge in [-0.1, -0.05) is 0 Å². The molecule has 2 aliphatic rings. The van der Waals surface area contributed by atoms with Crippen LogP contribution in [-0.4, -0.2) is 43.4 Å². The first-order valence-electron chi connectivity index (χ1n) is 9.33. The molecule has 6 nitrogen and oxygen atoms in total. The quantitative estimate of drug-likeness (QED) is 0.792. The number of fused-ring (bicyclic) bond motifs is 1. The Morgan fingerprint density at radius 3 is 2.73 bits per heavy atom. The van der Waals surface area contributed by atoms with Crippen LogP contribution >= 0.6 is 12.4 Å². The van der Waals surface area contributed by atoms with Crippen LogP contribution in [0.1, 0.15) is 32.6 Å². The van der Waals surface area contributed by atoms with E-state index in [4.69, 9.17) is 19.6 Å². The van der Waals surface area contributed by atoms with E-state index in [1.54, 1.807) is 0 Å². The zero-order valence-corrected chi connectivity index (χ0v) is 16.0. The van der Waals surface area contributed by atoms with Crippen LogP contribution < -0.4 is 15.4 Å². The minimum absolute atomic E-state index is 0. The highest BCUT2D eigenvalue weighted by Crippen LogP contribution is 2.31. The normalized spacial score (nSPS) is 19.4. The third kappa shape index (κ3) is 4.81. The average Bonchev–Trinajstić information content (AvgIpc) is 3.35. The molecule has 1 saturated carbocycles. The molecule has 0 bridgehead atoms. The molecule has 0 radical (unpaired) electrons. The first kappa shape index (κ1) is 19.3. The van der Waals surface area contributed by atoms with Crippen molar-refractivity contribution in [1.82, 2.24) is 4.98 Å². The lowest BCUT2D eigenvalue weighted by Gasteiger charge is -2.31. The van der Waals surface area contributed by atoms with Crippen LogP contribution in [0, 0.1) is 5.92 Å². The maximum absolute atomic E-state index is 5.98. The summed E-state index contributed by atoms with van der Waals surface area (Å²) in [5.74, 6) is 1.61. The number of rotatable bonds is 7. The third-order valence-corrected chi connectivity index (χ3v) is 4.84. The van der Waals surface area contributed by atoms with Gasteiger partial charge in [0.25, 0.3) is 6.01 Å². The number of halogens is 1. The van der Waals surface area contributed by atoms with Crippen molar-refractivity contribution in [2.75, 3.05) is 31.2 Å². The molecule has 1 aliphatic carbocycles. The molecule has 1 atom stereocenters. The fraction of sp³-hybridized carbons (Fsp3) is 0.632. The minimum atomic E-state index is 0. The van der Waals surface area contributed by atoms with Crippen molar-refractivity contribution in [3.8, 4) is 5.75 Å². The lowest BCUT2D eigenvalue weighted by atomic mass is 10.1. The van der Waals surface area contributed by atoms with Gasteiger partial charge in [0, 0.05) is 25.2 Å². The van der Waals surface area contributed by atoms with Crippen molar-refractivity contribution in [2.45, 2.75) is 44.8 Å². The molecular formula is C19H28ClN3O3. The fourth-order valence-corrected chi connectivity index (χ4v) is 3.12. The lowest BCUT2D eigenvalue weighted by Crippen LogP contribution is -2.38. The number of hydrogen-bond acceptors (Lipinski definition) is 6. The zero-order chi connectivity index (χ0) is 17.2. The van der Waals surface area contributed by atoms with Gasteiger partial charge < -0.3 is 24.5 Å². The van der Waals surface area contributed by atoms with Crippen molar-refractivity contribution < 1.29 is 13.9 Å². The molecule has 2 aromatic rings. The SMILES string of the molecule is C[C@H](N)COC1CCN(c2nc3ccc(OCC4CC4)cc3o2)CC1.Cl. The summed E-state index contributed by atoms with van der Waals surface area (Å²) in [6.07, 6.45) is 4.81. The van der Waals surface area contributed by atoms with Crippen LogP contribution in [-0.2, 0) is 4.74 Å². The summed E-state index contributed by atoms with van der Waals surface area (Å²) in [6.45, 7) is 5.18. The number of ether oxygens (including phenoxy) is 2. The molecule has 7 heteroatoms. The molecule has 1 aromatic heterocycles. The molecule has 2 heterocycles. The number of oxazole rings is 1. The number of aromatic nitrogens is 1. The topological polar surface area (TPSA) is 73.8 Å². The van der Waals surface area contributed by atoms with E-state index in [2.05, 4.69) is 9.88 Å². The van der Waals surface area contributed by atoms with E-state index in [0.717, 1.165) is 55.3 Å². The van der Waals surface area contributed by atoms with E-state index in [9.17, 15) is 0 Å². The Hall–Kier alpha value is -1.50. The maximum atomic E-state index is 5.98. The molecule has 2 fully saturated rings. The third-order valence-electron chi connectivity index (χ3n) is 4.84. The first-order chi connectivity index (χ1) is 12.2. The molecule has 0 spiro atoms. The molecule has 2 N–H and O–H groups in total. The summed E-state index contributed by atoms with van der Waals surface area (Å²) >= 11 is 0. The van der Waals surface area contributed by atoms with Crippen molar-refractivity contribution in [3.05, 3.63) is 18.2 Å². The van der Waals surface area contributed by atoms with E-state index >= 15 is 0 Å². The number of benzene rings is 1. The van der Waals surface area contributed by atoms with Gasteiger partial charge in [-0.2, -0.15) is 4.98 Å². The smallest absolute Gasteiger partial charge is 0.298 e. The predicted octanol–water partition coefficient (Wildman–Crippen LogP) is 3.37. The molecule has 0 amide bonds. The van der Waals surface area contributed by atoms with E-state index in [-0.39, 0.29) is 24.6 Å². The summed E-state index contributed by atoms with van der Waals surface area (Å²) in [4.78, 5) is 6.82. The van der Waals surface area contributed by atoms with Crippen LogP contribution in [0.25, 0.3) is 11.1 Å². The van der Waals surface area contributed by atoms with Gasteiger partial charge in [-0.05, 0) is 50.7 Å². The lowest BCUT2D eigenvalue weighted by molar-refractivity contribution is 0.0307. The van der Waals surface area contributed by atoms with Crippen molar-refractivity contribution >= 4 is 29.5 Å². The highest BCUT2D eigenvalue weighted by molar-refractivity contribution is 5.85. The zero-order valence-electron chi connectivity index (χ0n) is 15.2. The molecular weight excluding hydrogens is 354 g/mol. The van der Waals surface area contributed by atoms with Crippen molar-refractivity contribution in [3.63, 3.8) is 0 Å². The average molecular weight is 382 g/mol. The summed E-state index contributed by atoms with van der Waals surface area (Å²) < 4.78 is 17.6. The predicted molar refractivity (Wildman–Crippen MR) is 104 cm³/mol. The Bertz CT molecular complexity index is 709. The Balaban J connectivity index is 0.00000196. The Morgan fingerprint density at radius 1 is 1.27 bits per heavy atom. The Kier molecular flexibility index (Phi) is 6.27. The summed E-state index contributed by atoms with van der Waals surface area (Å²) in [6, 6.07) is 6.69. The number of nitrogens with zero attached hydrogens (tertiary/aromatic N) is 2. The van der Waals surface area contributed by atoms with Gasteiger partial charge in [0.1, 0.15) is 11.3 Å². The van der Waals surface area contributed by atoms with Gasteiger partial charge in [-0.15, -0.1) is 12.4 Å². The standard InChI is InChI=1S/C19H27N3O3.ClH/c1-13(20)11-23-15-6-8-22(9-7-15)19-21-17-5-4-16(10-18(17)25-19)24-12-14-2-3-14;/h4-5,10,13-15H,2-3,6-9,11-12,20H2,1H3;1H/t13-;/m0./s1. The van der Waals surface area contributed by atoms with E-state index < -0.39 is 0 Å². The van der Waals surface area contributed by atoms with Gasteiger partial charge in [-0.25, -0.2) is 0 Å². The summed E-state index contributed by atoms with van der Waals surface area (Å²) in [5.41, 5.74) is 7.42. The second-order valence-corrected chi connectivity index (χ2v) is 7.38. The van der Waals surface area contributed by atoms with Gasteiger partial charge in [0.05, 0.1) is 19.3 Å². The monoisotopic (exact) mass is 381 g/mol. The van der Waals surface area contributed by atoms with E-state index in [1.807, 2.05) is 25.1 Å². The number of nitrogens with two attached hydrogens (primary N) is 1. The highest BCUT2D eigenvalue weighted by Gasteiger charge is 2.24. The number of anilines is 1. The fourth-order valence-electron chi connectivity index (χ4n) is 3.12. The number of piperidine rings is 1. The largest absolute Gasteiger partial charge is 0.493 e. The van der Waals surface area contributed by atoms with Gasteiger partial charge in [-0.3, -0.25) is 0 Å². The molecule has 26 heavy (non-hydrogen) atoms. The van der Waals surface area contributed by atoms with Crippen LogP contribution in [0.3, 0.4) is 0 Å². The molecule has 144 valence electrons. The molecule has 4 rings (SSSR count). The number of hydrogen-bond donors (Lipinski definition) is 1. The molecule has 1 aliphatic heterocycles. The van der Waals surface area contributed by atoms with Crippen LogP contribution in [0.2, 0.25) is 0 Å². The van der Waals surface area contributed by atoms with Crippen molar-refractivity contribution in [2.24, 2.45) is 11.7 Å². The summed E-state index contributed by atoms with van der Waals surface area (Å²) in [7, 11) is 0. The van der Waals surface area contributed by atoms with Gasteiger partial charge in [0.2, 0.25) is 0 Å². The second kappa shape index (κ2) is 8.46. The van der Waals surface area contributed by atoms with E-state index in [0.29, 0.717) is 12.6 Å². The summed E-state index contributed by atoms with van der Waals surface area (Å²) in [5, 5.41) is 0. The first-order valence-corrected chi connectivity index (χ1v) is 9.33. The highest BCUT2D eigenvalue weighted by atomic mass is 35.5. The maximum Gasteiger partial charge on any atom is 0.298 e. The molecule has 1 saturated heterocycles.